The molecule has 2 heterocycles. The van der Waals surface area contributed by atoms with Gasteiger partial charge in [0.2, 0.25) is 8.32 Å². The van der Waals surface area contributed by atoms with Gasteiger partial charge in [-0.25, -0.2) is 4.21 Å². The van der Waals surface area contributed by atoms with Crippen molar-refractivity contribution in [2.45, 2.75) is 43.8 Å². The largest absolute Gasteiger partial charge is 0.543 e. The molecule has 5 aromatic carbocycles. The average molecular weight is 879 g/mol. The van der Waals surface area contributed by atoms with Crippen LogP contribution in [0.4, 0.5) is 28.4 Å². The van der Waals surface area contributed by atoms with Gasteiger partial charge < -0.3 is 29.6 Å². The molecule has 0 bridgehead atoms. The predicted octanol–water partition coefficient (Wildman–Crippen LogP) is 12.6. The van der Waals surface area contributed by atoms with E-state index < -0.39 is 18.0 Å². The number of nitrogens with one attached hydrogen (secondary N) is 2. The second-order valence-corrected chi connectivity index (χ2v) is 23.1. The van der Waals surface area contributed by atoms with Gasteiger partial charge in [0.15, 0.2) is 0 Å². The molecule has 10 nitrogen and oxygen atoms in total. The third kappa shape index (κ3) is 10.3. The van der Waals surface area contributed by atoms with Gasteiger partial charge in [0.05, 0.1) is 40.7 Å². The number of nitrogens with zero attached hydrogens (tertiary/aromatic N) is 3. The van der Waals surface area contributed by atoms with Gasteiger partial charge in [0.1, 0.15) is 23.0 Å². The molecule has 0 spiro atoms. The van der Waals surface area contributed by atoms with Crippen LogP contribution in [0.2, 0.25) is 18.1 Å². The van der Waals surface area contributed by atoms with Crippen molar-refractivity contribution in [1.82, 2.24) is 9.97 Å². The summed E-state index contributed by atoms with van der Waals surface area (Å²) in [6, 6.07) is 35.5. The number of hydrogen-bond donors (Lipinski definition) is 3. The Labute approximate surface area is 350 Å². The van der Waals surface area contributed by atoms with Crippen LogP contribution in [0, 0.1) is 0 Å². The second kappa shape index (κ2) is 17.5. The molecule has 7 aromatic rings. The number of ether oxygens (including phenoxy) is 2. The molecular formula is C45H48BrN5O5SSi. The number of phenolic OH excluding ortho intramolecular Hbond substituents is 1. The summed E-state index contributed by atoms with van der Waals surface area (Å²) in [5, 5.41) is 18.7. The van der Waals surface area contributed by atoms with Crippen LogP contribution in [-0.4, -0.2) is 48.1 Å². The number of aromatic nitrogens is 2. The van der Waals surface area contributed by atoms with E-state index in [1.54, 1.807) is 38.8 Å². The fourth-order valence-corrected chi connectivity index (χ4v) is 8.46. The maximum atomic E-state index is 13.1. The van der Waals surface area contributed by atoms with Crippen molar-refractivity contribution in [3.8, 4) is 23.0 Å². The highest BCUT2D eigenvalue weighted by atomic mass is 79.9. The Bertz CT molecular complexity index is 2700. The monoisotopic (exact) mass is 877 g/mol. The number of pyridine rings is 2. The molecule has 0 aliphatic rings. The van der Waals surface area contributed by atoms with Crippen molar-refractivity contribution >= 4 is 84.2 Å². The normalized spacial score (nSPS) is 12.5. The van der Waals surface area contributed by atoms with E-state index in [1.165, 1.54) is 6.07 Å². The zero-order valence-corrected chi connectivity index (χ0v) is 37.2. The number of rotatable bonds is 10. The van der Waals surface area contributed by atoms with Gasteiger partial charge in [-0.15, -0.1) is 0 Å². The standard InChI is InChI=1S/C23H21N3O3S.C22H27BrN2O2Si/c1-29-19-13-17(12-18(27)15-19)25-23-10-11-24-22-9-8-16(14-21(22)23)26-30(2,28)20-6-4-3-5-7-20;1-22(2,3)28(5,6)27-18-13-16(12-17(14-18)26-4)25-21-9-10-24-20-8-7-15(23)11-19(20)21/h3-15,27H,1-2H3,(H,24,25);7-14H,1-6H3,(H,24,25)/t30-;/m0./s1. The van der Waals surface area contributed by atoms with Gasteiger partial charge in [-0.3, -0.25) is 9.97 Å². The molecule has 1 atom stereocenters. The van der Waals surface area contributed by atoms with Crippen LogP contribution in [0.3, 0.4) is 0 Å². The Morgan fingerprint density at radius 1 is 0.707 bits per heavy atom. The molecule has 0 amide bonds. The smallest absolute Gasteiger partial charge is 0.250 e. The Morgan fingerprint density at radius 3 is 1.86 bits per heavy atom. The van der Waals surface area contributed by atoms with E-state index in [0.717, 1.165) is 54.8 Å². The van der Waals surface area contributed by atoms with Crippen molar-refractivity contribution in [1.29, 1.82) is 0 Å². The number of halogens is 1. The molecule has 0 fully saturated rings. The number of fused-ring (bicyclic) bond motifs is 2. The molecule has 13 heteroatoms. The van der Waals surface area contributed by atoms with E-state index in [2.05, 4.69) is 80.8 Å². The lowest BCUT2D eigenvalue weighted by Crippen LogP contribution is -2.43. The maximum absolute atomic E-state index is 13.1. The van der Waals surface area contributed by atoms with Crippen LogP contribution >= 0.6 is 15.9 Å². The van der Waals surface area contributed by atoms with Gasteiger partial charge in [-0.2, -0.15) is 4.36 Å². The first-order valence-electron chi connectivity index (χ1n) is 18.5. The minimum Gasteiger partial charge on any atom is -0.543 e. The van der Waals surface area contributed by atoms with E-state index in [0.29, 0.717) is 22.0 Å². The number of phenols is 1. The molecule has 300 valence electrons. The predicted molar refractivity (Wildman–Crippen MR) is 244 cm³/mol. The lowest BCUT2D eigenvalue weighted by Gasteiger charge is -2.36. The zero-order chi connectivity index (χ0) is 41.7. The summed E-state index contributed by atoms with van der Waals surface area (Å²) in [5.74, 6) is 2.23. The molecule has 3 N–H and O–H groups in total. The summed E-state index contributed by atoms with van der Waals surface area (Å²) in [7, 11) is -1.31. The van der Waals surface area contributed by atoms with Crippen LogP contribution in [0.1, 0.15) is 20.8 Å². The van der Waals surface area contributed by atoms with Crippen LogP contribution in [0.25, 0.3) is 21.8 Å². The summed E-state index contributed by atoms with van der Waals surface area (Å²) in [6.45, 7) is 11.2. The number of aromatic hydroxyl groups is 1. The molecule has 2 aromatic heterocycles. The van der Waals surface area contributed by atoms with Crippen LogP contribution in [0.5, 0.6) is 23.0 Å². The van der Waals surface area contributed by atoms with E-state index in [4.69, 9.17) is 13.9 Å². The number of hydrogen-bond acceptors (Lipinski definition) is 10. The van der Waals surface area contributed by atoms with E-state index >= 15 is 0 Å². The van der Waals surface area contributed by atoms with Crippen LogP contribution in [-0.2, 0) is 9.73 Å². The third-order valence-corrected chi connectivity index (χ3v) is 16.4. The van der Waals surface area contributed by atoms with Gasteiger partial charge in [-0.1, -0.05) is 54.9 Å². The van der Waals surface area contributed by atoms with Crippen molar-refractivity contribution in [2.24, 2.45) is 4.36 Å². The molecule has 0 unspecified atom stereocenters. The Kier molecular flexibility index (Phi) is 12.6. The van der Waals surface area contributed by atoms with Crippen molar-refractivity contribution < 1.29 is 23.2 Å². The summed E-state index contributed by atoms with van der Waals surface area (Å²) in [4.78, 5) is 9.53. The lowest BCUT2D eigenvalue weighted by atomic mass is 10.1. The zero-order valence-electron chi connectivity index (χ0n) is 33.8. The molecule has 7 rings (SSSR count). The lowest BCUT2D eigenvalue weighted by molar-refractivity contribution is 0.408. The fraction of sp³-hybridized carbons (Fsp3) is 0.200. The molecule has 0 aliphatic carbocycles. The van der Waals surface area contributed by atoms with Crippen molar-refractivity contribution in [2.75, 3.05) is 31.1 Å². The third-order valence-electron chi connectivity index (χ3n) is 9.87. The van der Waals surface area contributed by atoms with E-state index in [9.17, 15) is 9.32 Å². The van der Waals surface area contributed by atoms with Crippen LogP contribution in [0.15, 0.2) is 141 Å². The molecule has 0 radical (unpaired) electrons. The highest BCUT2D eigenvalue weighted by Crippen LogP contribution is 2.40. The highest BCUT2D eigenvalue weighted by Gasteiger charge is 2.39. The minimum absolute atomic E-state index is 0.0967. The van der Waals surface area contributed by atoms with Gasteiger partial charge in [0.25, 0.3) is 0 Å². The average Bonchev–Trinajstić information content (AvgIpc) is 3.18. The molecular weight excluding hydrogens is 831 g/mol. The molecule has 0 saturated heterocycles. The summed E-state index contributed by atoms with van der Waals surface area (Å²) in [6.07, 6.45) is 5.15. The van der Waals surface area contributed by atoms with Crippen molar-refractivity contribution in [3.05, 3.63) is 132 Å². The number of methoxy groups -OCH3 is 2. The SMILES string of the molecule is COc1cc(Nc2ccnc3ccc(Br)cc23)cc(O[Si](C)(C)C(C)(C)C)c1.COc1cc(O)cc(Nc2ccnc3ccc(N=[S@@](C)(=O)c4ccccc4)cc23)c1. The first-order chi connectivity index (χ1) is 27.5. The first kappa shape index (κ1) is 42.0. The Morgan fingerprint density at radius 2 is 1.26 bits per heavy atom. The van der Waals surface area contributed by atoms with Gasteiger partial charge in [-0.05, 0) is 78.8 Å². The number of benzene rings is 5. The van der Waals surface area contributed by atoms with E-state index in [1.807, 2.05) is 97.2 Å². The Hall–Kier alpha value is -5.63. The summed E-state index contributed by atoms with van der Waals surface area (Å²) >= 11 is 3.55. The summed E-state index contributed by atoms with van der Waals surface area (Å²) in [5.41, 5.74) is 5.67. The Balaban J connectivity index is 0.000000196. The number of anilines is 4. The highest BCUT2D eigenvalue weighted by molar-refractivity contribution is 9.10. The maximum Gasteiger partial charge on any atom is 0.250 e. The van der Waals surface area contributed by atoms with Gasteiger partial charge >= 0.3 is 0 Å². The topological polar surface area (TPSA) is 127 Å². The molecule has 58 heavy (non-hydrogen) atoms. The second-order valence-electron chi connectivity index (χ2n) is 15.2. The van der Waals surface area contributed by atoms with Gasteiger partial charge in [0, 0.05) is 97.9 Å². The van der Waals surface area contributed by atoms with Crippen LogP contribution < -0.4 is 24.5 Å². The molecule has 0 saturated carbocycles. The fourth-order valence-electron chi connectivity index (χ4n) is 5.81. The first-order valence-corrected chi connectivity index (χ1v) is 24.2. The summed E-state index contributed by atoms with van der Waals surface area (Å²) < 4.78 is 35.9. The minimum atomic E-state index is -2.58. The molecule has 0 aliphatic heterocycles. The van der Waals surface area contributed by atoms with E-state index in [-0.39, 0.29) is 10.8 Å². The quantitative estimate of drug-likeness (QED) is 0.115. The van der Waals surface area contributed by atoms with Crippen molar-refractivity contribution in [3.63, 3.8) is 0 Å².